The van der Waals surface area contributed by atoms with Crippen LogP contribution in [0.15, 0.2) is 24.3 Å². The maximum Gasteiger partial charge on any atom is 0.226 e. The third-order valence-corrected chi connectivity index (χ3v) is 4.29. The molecular weight excluding hydrogens is 282 g/mol. The number of carbonyl (C=O) groups excluding carboxylic acids is 2. The van der Waals surface area contributed by atoms with Gasteiger partial charge in [0.1, 0.15) is 11.4 Å². The lowest BCUT2D eigenvalue weighted by atomic mass is 9.71. The van der Waals surface area contributed by atoms with Crippen molar-refractivity contribution in [3.63, 3.8) is 0 Å². The van der Waals surface area contributed by atoms with Crippen LogP contribution in [-0.2, 0) is 4.79 Å². The molecule has 2 N–H and O–H groups in total. The van der Waals surface area contributed by atoms with Gasteiger partial charge in [-0.15, -0.1) is 0 Å². The molecule has 5 nitrogen and oxygen atoms in total. The van der Waals surface area contributed by atoms with E-state index < -0.39 is 11.5 Å². The molecule has 2 unspecified atom stereocenters. The highest BCUT2D eigenvalue weighted by atomic mass is 16.5. The standard InChI is InChI=1S/C17H23NO4/c1-3-18-16(20)14-6-4-5-11-17(14,21)15(19)12-7-9-13(22-2)10-8-12/h7-10,14,21H,3-6,11H2,1-2H3,(H,18,20). The van der Waals surface area contributed by atoms with E-state index in [-0.39, 0.29) is 11.7 Å². The molecule has 2 rings (SSSR count). The van der Waals surface area contributed by atoms with Crippen LogP contribution < -0.4 is 10.1 Å². The third-order valence-electron chi connectivity index (χ3n) is 4.29. The van der Waals surface area contributed by atoms with E-state index >= 15 is 0 Å². The van der Waals surface area contributed by atoms with Gasteiger partial charge in [-0.1, -0.05) is 12.8 Å². The van der Waals surface area contributed by atoms with Gasteiger partial charge in [-0.05, 0) is 44.0 Å². The van der Waals surface area contributed by atoms with Gasteiger partial charge >= 0.3 is 0 Å². The van der Waals surface area contributed by atoms with Gasteiger partial charge in [-0.25, -0.2) is 0 Å². The smallest absolute Gasteiger partial charge is 0.226 e. The topological polar surface area (TPSA) is 75.6 Å². The van der Waals surface area contributed by atoms with Crippen molar-refractivity contribution in [1.29, 1.82) is 0 Å². The minimum atomic E-state index is -1.62. The molecule has 1 aliphatic carbocycles. The number of aliphatic hydroxyl groups is 1. The molecule has 0 radical (unpaired) electrons. The summed E-state index contributed by atoms with van der Waals surface area (Å²) in [5.41, 5.74) is -1.22. The Kier molecular flexibility index (Phi) is 5.19. The number of rotatable bonds is 5. The van der Waals surface area contributed by atoms with E-state index in [4.69, 9.17) is 4.74 Å². The average Bonchev–Trinajstić information content (AvgIpc) is 2.54. The molecule has 1 fully saturated rings. The fraction of sp³-hybridized carbons (Fsp3) is 0.529. The molecule has 120 valence electrons. The lowest BCUT2D eigenvalue weighted by molar-refractivity contribution is -0.134. The van der Waals surface area contributed by atoms with Crippen molar-refractivity contribution < 1.29 is 19.4 Å². The molecule has 1 aromatic rings. The molecule has 0 spiro atoms. The first-order chi connectivity index (χ1) is 10.5. The van der Waals surface area contributed by atoms with Crippen LogP contribution in [0.5, 0.6) is 5.75 Å². The minimum Gasteiger partial charge on any atom is -0.497 e. The van der Waals surface area contributed by atoms with E-state index in [1.165, 1.54) is 0 Å². The second-order valence-corrected chi connectivity index (χ2v) is 5.67. The first kappa shape index (κ1) is 16.5. The normalized spacial score (nSPS) is 24.6. The predicted octanol–water partition coefficient (Wildman–Crippen LogP) is 1.94. The zero-order valence-electron chi connectivity index (χ0n) is 13.1. The number of amides is 1. The highest BCUT2D eigenvalue weighted by molar-refractivity contribution is 6.05. The summed E-state index contributed by atoms with van der Waals surface area (Å²) in [4.78, 5) is 25.0. The van der Waals surface area contributed by atoms with Crippen molar-refractivity contribution in [3.8, 4) is 5.75 Å². The summed E-state index contributed by atoms with van der Waals surface area (Å²) in [6.45, 7) is 2.31. The van der Waals surface area contributed by atoms with E-state index in [1.54, 1.807) is 31.4 Å². The first-order valence-corrected chi connectivity index (χ1v) is 7.72. The van der Waals surface area contributed by atoms with E-state index in [9.17, 15) is 14.7 Å². The molecule has 1 aromatic carbocycles. The summed E-state index contributed by atoms with van der Waals surface area (Å²) in [5.74, 6) is -0.666. The monoisotopic (exact) mass is 305 g/mol. The molecule has 0 saturated heterocycles. The molecule has 0 heterocycles. The number of Topliss-reactive ketones (excluding diaryl/α,β-unsaturated/α-hetero) is 1. The van der Waals surface area contributed by atoms with Crippen molar-refractivity contribution in [2.45, 2.75) is 38.2 Å². The van der Waals surface area contributed by atoms with Crippen LogP contribution >= 0.6 is 0 Å². The Balaban J connectivity index is 2.27. The Labute approximate surface area is 130 Å². The summed E-state index contributed by atoms with van der Waals surface area (Å²) in [7, 11) is 1.55. The second kappa shape index (κ2) is 6.92. The fourth-order valence-corrected chi connectivity index (χ4v) is 3.07. The van der Waals surface area contributed by atoms with Crippen LogP contribution in [0.3, 0.4) is 0 Å². The SMILES string of the molecule is CCNC(=O)C1CCCCC1(O)C(=O)c1ccc(OC)cc1. The van der Waals surface area contributed by atoms with Gasteiger partial charge in [-0.2, -0.15) is 0 Å². The van der Waals surface area contributed by atoms with Crippen molar-refractivity contribution in [2.75, 3.05) is 13.7 Å². The lowest BCUT2D eigenvalue weighted by Gasteiger charge is -2.37. The fourth-order valence-electron chi connectivity index (χ4n) is 3.07. The zero-order chi connectivity index (χ0) is 16.2. The van der Waals surface area contributed by atoms with Gasteiger partial charge in [0.2, 0.25) is 5.91 Å². The molecule has 1 aliphatic rings. The number of hydrogen-bond donors (Lipinski definition) is 2. The molecule has 2 atom stereocenters. The van der Waals surface area contributed by atoms with E-state index in [0.717, 1.165) is 12.8 Å². The number of carbonyl (C=O) groups is 2. The van der Waals surface area contributed by atoms with Crippen molar-refractivity contribution in [1.82, 2.24) is 5.32 Å². The zero-order valence-corrected chi connectivity index (χ0v) is 13.1. The van der Waals surface area contributed by atoms with E-state index in [1.807, 2.05) is 6.92 Å². The third kappa shape index (κ3) is 3.14. The van der Waals surface area contributed by atoms with Crippen LogP contribution in [0.1, 0.15) is 43.0 Å². The van der Waals surface area contributed by atoms with Gasteiger partial charge < -0.3 is 15.2 Å². The molecule has 22 heavy (non-hydrogen) atoms. The second-order valence-electron chi connectivity index (χ2n) is 5.67. The van der Waals surface area contributed by atoms with Crippen LogP contribution in [0.2, 0.25) is 0 Å². The van der Waals surface area contributed by atoms with Gasteiger partial charge in [0.05, 0.1) is 13.0 Å². The summed E-state index contributed by atoms with van der Waals surface area (Å²) < 4.78 is 5.07. The first-order valence-electron chi connectivity index (χ1n) is 7.72. The van der Waals surface area contributed by atoms with Crippen LogP contribution in [0.4, 0.5) is 0 Å². The number of ether oxygens (including phenoxy) is 1. The largest absolute Gasteiger partial charge is 0.497 e. The summed E-state index contributed by atoms with van der Waals surface area (Å²) in [6, 6.07) is 6.62. The van der Waals surface area contributed by atoms with Gasteiger partial charge in [0.15, 0.2) is 5.78 Å². The van der Waals surface area contributed by atoms with Crippen LogP contribution in [0, 0.1) is 5.92 Å². The number of hydrogen-bond acceptors (Lipinski definition) is 4. The quantitative estimate of drug-likeness (QED) is 0.815. The Bertz CT molecular complexity index is 540. The predicted molar refractivity (Wildman–Crippen MR) is 82.9 cm³/mol. The van der Waals surface area contributed by atoms with Crippen molar-refractivity contribution in [2.24, 2.45) is 5.92 Å². The highest BCUT2D eigenvalue weighted by Crippen LogP contribution is 2.36. The Morgan fingerprint density at radius 1 is 1.32 bits per heavy atom. The summed E-state index contributed by atoms with van der Waals surface area (Å²) >= 11 is 0. The molecule has 0 aliphatic heterocycles. The number of benzene rings is 1. The minimum absolute atomic E-state index is 0.244. The number of ketones is 1. The lowest BCUT2D eigenvalue weighted by Crippen LogP contribution is -2.53. The van der Waals surface area contributed by atoms with Gasteiger partial charge in [0, 0.05) is 12.1 Å². The van der Waals surface area contributed by atoms with E-state index in [2.05, 4.69) is 5.32 Å². The van der Waals surface area contributed by atoms with Gasteiger partial charge in [-0.3, -0.25) is 9.59 Å². The Hall–Kier alpha value is -1.88. The molecule has 5 heteroatoms. The van der Waals surface area contributed by atoms with Crippen molar-refractivity contribution in [3.05, 3.63) is 29.8 Å². The maximum absolute atomic E-state index is 12.8. The summed E-state index contributed by atoms with van der Waals surface area (Å²) in [5, 5.41) is 13.7. The highest BCUT2D eigenvalue weighted by Gasteiger charge is 2.48. The maximum atomic E-state index is 12.8. The van der Waals surface area contributed by atoms with Crippen LogP contribution in [0.25, 0.3) is 0 Å². The van der Waals surface area contributed by atoms with E-state index in [0.29, 0.717) is 30.7 Å². The molecule has 1 saturated carbocycles. The number of methoxy groups -OCH3 is 1. The van der Waals surface area contributed by atoms with Crippen molar-refractivity contribution >= 4 is 11.7 Å². The van der Waals surface area contributed by atoms with Crippen LogP contribution in [-0.4, -0.2) is 36.1 Å². The summed E-state index contributed by atoms with van der Waals surface area (Å²) in [6.07, 6.45) is 2.44. The number of nitrogens with one attached hydrogen (secondary N) is 1. The Morgan fingerprint density at radius 2 is 2.00 bits per heavy atom. The molecule has 0 bridgehead atoms. The van der Waals surface area contributed by atoms with Gasteiger partial charge in [0.25, 0.3) is 0 Å². The molecule has 0 aromatic heterocycles. The molecule has 1 amide bonds. The Morgan fingerprint density at radius 3 is 2.59 bits per heavy atom. The molecular formula is C17H23NO4. The average molecular weight is 305 g/mol.